The number of ketones is 1. The summed E-state index contributed by atoms with van der Waals surface area (Å²) >= 11 is 0. The summed E-state index contributed by atoms with van der Waals surface area (Å²) in [6, 6.07) is 12.8. The molecule has 2 aliphatic rings. The summed E-state index contributed by atoms with van der Waals surface area (Å²) in [5.74, 6) is -0.675. The highest BCUT2D eigenvalue weighted by Gasteiger charge is 2.44. The summed E-state index contributed by atoms with van der Waals surface area (Å²) < 4.78 is 41.4. The van der Waals surface area contributed by atoms with Crippen LogP contribution in [-0.2, 0) is 4.79 Å². The smallest absolute Gasteiger partial charge is 0.406 e. The lowest BCUT2D eigenvalue weighted by atomic mass is 9.68. The number of ether oxygens (including phenoxy) is 1. The zero-order valence-corrected chi connectivity index (χ0v) is 16.1. The monoisotopic (exact) mass is 402 g/mol. The molecule has 1 heterocycles. The number of aliphatic imine (C=N–C) groups is 1. The van der Waals surface area contributed by atoms with E-state index < -0.39 is 18.3 Å². The highest BCUT2D eigenvalue weighted by atomic mass is 19.4. The number of halogens is 3. The molecule has 2 atom stereocenters. The molecule has 0 bridgehead atoms. The Morgan fingerprint density at radius 1 is 1.07 bits per heavy atom. The predicted octanol–water partition coefficient (Wildman–Crippen LogP) is 5.83. The van der Waals surface area contributed by atoms with Gasteiger partial charge in [-0.1, -0.05) is 38.1 Å². The molecule has 0 spiro atoms. The first-order chi connectivity index (χ1) is 13.6. The number of Topliss-reactive ketones (excluding diaryl/α,β-unsaturated/α-hetero) is 1. The lowest BCUT2D eigenvalue weighted by Crippen LogP contribution is -2.42. The highest BCUT2D eigenvalue weighted by molar-refractivity contribution is 6.10. The number of fused-ring (bicyclic) bond motifs is 2. The van der Waals surface area contributed by atoms with E-state index in [0.29, 0.717) is 18.4 Å². The molecule has 0 saturated heterocycles. The Bertz CT molecular complexity index is 965. The van der Waals surface area contributed by atoms with E-state index in [1.807, 2.05) is 38.1 Å². The number of alkyl halides is 3. The summed E-state index contributed by atoms with van der Waals surface area (Å²) in [4.78, 5) is 17.9. The normalized spacial score (nSPS) is 23.2. The third-order valence-electron chi connectivity index (χ3n) is 5.30. The van der Waals surface area contributed by atoms with Crippen LogP contribution in [0.3, 0.4) is 0 Å². The molecule has 0 radical (unpaired) electrons. The van der Waals surface area contributed by atoms with Crippen molar-refractivity contribution in [1.29, 1.82) is 0 Å². The number of hydrogen-bond donors (Lipinski definition) is 1. The van der Waals surface area contributed by atoms with E-state index in [2.05, 4.69) is 10.1 Å². The van der Waals surface area contributed by atoms with Gasteiger partial charge in [0.1, 0.15) is 11.5 Å². The van der Waals surface area contributed by atoms with Gasteiger partial charge in [-0.15, -0.1) is 13.2 Å². The zero-order valence-electron chi connectivity index (χ0n) is 16.1. The number of carbonyl (C=O) groups is 1. The number of rotatable bonds is 2. The van der Waals surface area contributed by atoms with Gasteiger partial charge in [0.05, 0.1) is 23.3 Å². The largest absolute Gasteiger partial charge is 0.573 e. The second kappa shape index (κ2) is 6.90. The second-order valence-electron chi connectivity index (χ2n) is 8.32. The number of para-hydroxylation sites is 2. The third kappa shape index (κ3) is 4.13. The molecule has 1 saturated carbocycles. The molecule has 7 heteroatoms. The first kappa shape index (κ1) is 19.5. The molecule has 4 rings (SSSR count). The molecule has 2 aromatic carbocycles. The third-order valence-corrected chi connectivity index (χ3v) is 5.30. The van der Waals surface area contributed by atoms with Crippen LogP contribution in [0.5, 0.6) is 5.75 Å². The molecule has 4 nitrogen and oxygen atoms in total. The van der Waals surface area contributed by atoms with Gasteiger partial charge in [0.2, 0.25) is 0 Å². The van der Waals surface area contributed by atoms with E-state index in [1.165, 1.54) is 12.1 Å². The van der Waals surface area contributed by atoms with Gasteiger partial charge in [0.15, 0.2) is 0 Å². The van der Waals surface area contributed by atoms with E-state index in [1.54, 1.807) is 12.1 Å². The van der Waals surface area contributed by atoms with Crippen molar-refractivity contribution in [1.82, 2.24) is 0 Å². The summed E-state index contributed by atoms with van der Waals surface area (Å²) in [7, 11) is 0. The van der Waals surface area contributed by atoms with Gasteiger partial charge in [0.25, 0.3) is 0 Å². The number of hydrogen-bond acceptors (Lipinski definition) is 4. The Labute approximate surface area is 166 Å². The number of nitrogens with one attached hydrogen (secondary N) is 1. The molecule has 29 heavy (non-hydrogen) atoms. The summed E-state index contributed by atoms with van der Waals surface area (Å²) in [6.07, 6.45) is -3.63. The molecule has 2 aromatic rings. The Kier molecular flexibility index (Phi) is 4.63. The van der Waals surface area contributed by atoms with Crippen molar-refractivity contribution >= 4 is 22.9 Å². The van der Waals surface area contributed by atoms with Crippen LogP contribution < -0.4 is 10.1 Å². The molecule has 1 fully saturated rings. The zero-order chi connectivity index (χ0) is 20.8. The first-order valence-electron chi connectivity index (χ1n) is 9.43. The van der Waals surface area contributed by atoms with Gasteiger partial charge < -0.3 is 10.1 Å². The van der Waals surface area contributed by atoms with Crippen LogP contribution in [-0.4, -0.2) is 17.9 Å². The molecular weight excluding hydrogens is 381 g/mol. The predicted molar refractivity (Wildman–Crippen MR) is 105 cm³/mol. The molecule has 2 unspecified atom stereocenters. The van der Waals surface area contributed by atoms with Gasteiger partial charge in [-0.05, 0) is 41.7 Å². The van der Waals surface area contributed by atoms with Crippen LogP contribution in [0.1, 0.15) is 38.3 Å². The fraction of sp³-hybridized carbons (Fsp3) is 0.364. The van der Waals surface area contributed by atoms with E-state index >= 15 is 0 Å². The Morgan fingerprint density at radius 2 is 1.76 bits per heavy atom. The summed E-state index contributed by atoms with van der Waals surface area (Å²) in [6.45, 7) is 4.10. The summed E-state index contributed by atoms with van der Waals surface area (Å²) in [5.41, 5.74) is 2.89. The lowest BCUT2D eigenvalue weighted by molar-refractivity contribution is -0.274. The van der Waals surface area contributed by atoms with Gasteiger partial charge in [0, 0.05) is 12.1 Å². The van der Waals surface area contributed by atoms with Gasteiger partial charge >= 0.3 is 6.36 Å². The van der Waals surface area contributed by atoms with Crippen LogP contribution in [0.4, 0.5) is 24.5 Å². The van der Waals surface area contributed by atoms with Gasteiger partial charge in [-0.25, -0.2) is 0 Å². The van der Waals surface area contributed by atoms with Crippen LogP contribution in [0.2, 0.25) is 0 Å². The second-order valence-corrected chi connectivity index (χ2v) is 8.32. The van der Waals surface area contributed by atoms with Crippen molar-refractivity contribution < 1.29 is 22.7 Å². The molecule has 1 aliphatic heterocycles. The van der Waals surface area contributed by atoms with Crippen molar-refractivity contribution in [2.24, 2.45) is 16.3 Å². The molecule has 1 N–H and O–H groups in total. The van der Waals surface area contributed by atoms with Crippen LogP contribution >= 0.6 is 0 Å². The maximum absolute atomic E-state index is 13.1. The summed E-state index contributed by atoms with van der Waals surface area (Å²) in [5, 5.41) is 3.40. The molecule has 0 aromatic heterocycles. The molecule has 152 valence electrons. The molecular formula is C22H21F3N2O2. The SMILES string of the molecule is CC1(C)CC(=O)C2C(=Nc3ccccc3NC2c2ccc(OC(F)(F)F)cc2)C1. The minimum absolute atomic E-state index is 0.0842. The van der Waals surface area contributed by atoms with Crippen LogP contribution in [0.25, 0.3) is 0 Å². The average Bonchev–Trinajstić information content (AvgIpc) is 2.76. The van der Waals surface area contributed by atoms with E-state index in [0.717, 1.165) is 17.1 Å². The van der Waals surface area contributed by atoms with Crippen molar-refractivity contribution in [3.8, 4) is 5.75 Å². The lowest BCUT2D eigenvalue weighted by Gasteiger charge is -2.37. The Morgan fingerprint density at radius 3 is 2.45 bits per heavy atom. The van der Waals surface area contributed by atoms with Crippen molar-refractivity contribution in [2.45, 2.75) is 39.1 Å². The standard InChI is InChI=1S/C22H21F3N2O2/c1-21(2)11-17-19(18(28)12-21)20(27-16-6-4-3-5-15(16)26-17)13-7-9-14(10-8-13)29-22(23,24)25/h3-10,19-20,27H,11-12H2,1-2H3. The van der Waals surface area contributed by atoms with Crippen LogP contribution in [0.15, 0.2) is 53.5 Å². The van der Waals surface area contributed by atoms with E-state index in [4.69, 9.17) is 4.99 Å². The van der Waals surface area contributed by atoms with E-state index in [-0.39, 0.29) is 16.9 Å². The average molecular weight is 402 g/mol. The Hall–Kier alpha value is -2.83. The fourth-order valence-corrected chi connectivity index (χ4v) is 4.17. The number of benzene rings is 2. The highest BCUT2D eigenvalue weighted by Crippen LogP contribution is 2.45. The fourth-order valence-electron chi connectivity index (χ4n) is 4.17. The maximum Gasteiger partial charge on any atom is 0.573 e. The first-order valence-corrected chi connectivity index (χ1v) is 9.43. The molecule has 1 aliphatic carbocycles. The number of carbonyl (C=O) groups excluding carboxylic acids is 1. The van der Waals surface area contributed by atoms with E-state index in [9.17, 15) is 18.0 Å². The van der Waals surface area contributed by atoms with Crippen molar-refractivity contribution in [2.75, 3.05) is 5.32 Å². The minimum atomic E-state index is -4.74. The van der Waals surface area contributed by atoms with Crippen LogP contribution in [0, 0.1) is 11.3 Å². The van der Waals surface area contributed by atoms with Crippen molar-refractivity contribution in [3.05, 3.63) is 54.1 Å². The topological polar surface area (TPSA) is 50.7 Å². The quantitative estimate of drug-likeness (QED) is 0.688. The van der Waals surface area contributed by atoms with Gasteiger partial charge in [-0.3, -0.25) is 9.79 Å². The van der Waals surface area contributed by atoms with Crippen molar-refractivity contribution in [3.63, 3.8) is 0 Å². The van der Waals surface area contributed by atoms with Gasteiger partial charge in [-0.2, -0.15) is 0 Å². The number of nitrogens with zero attached hydrogens (tertiary/aromatic N) is 1. The molecule has 0 amide bonds. The number of anilines is 1. The maximum atomic E-state index is 13.1. The minimum Gasteiger partial charge on any atom is -0.406 e. The Balaban J connectivity index is 1.74.